The molecule has 2 aromatic rings. The van der Waals surface area contributed by atoms with Crippen molar-refractivity contribution in [3.8, 4) is 5.75 Å². The molecule has 1 aromatic carbocycles. The number of nitrogens with one attached hydrogen (secondary N) is 1. The molecule has 1 heterocycles. The van der Waals surface area contributed by atoms with Crippen molar-refractivity contribution in [2.24, 2.45) is 0 Å². The molecule has 1 aromatic heterocycles. The molecule has 0 atom stereocenters. The summed E-state index contributed by atoms with van der Waals surface area (Å²) in [6.45, 7) is 3.96. The van der Waals surface area contributed by atoms with Crippen LogP contribution in [0.25, 0.3) is 0 Å². The molecular formula is C16H18N2O2. The van der Waals surface area contributed by atoms with Crippen LogP contribution in [0.15, 0.2) is 48.7 Å². The van der Waals surface area contributed by atoms with Gasteiger partial charge in [0.2, 0.25) is 5.91 Å². The molecule has 20 heavy (non-hydrogen) atoms. The first-order valence-corrected chi connectivity index (χ1v) is 6.60. The van der Waals surface area contributed by atoms with E-state index in [1.165, 1.54) is 0 Å². The molecule has 1 N–H and O–H groups in total. The summed E-state index contributed by atoms with van der Waals surface area (Å²) in [5, 5.41) is 2.76. The molecule has 2 rings (SSSR count). The number of pyridine rings is 1. The molecule has 104 valence electrons. The Morgan fingerprint density at radius 2 is 1.95 bits per heavy atom. The highest BCUT2D eigenvalue weighted by molar-refractivity contribution is 5.91. The van der Waals surface area contributed by atoms with E-state index in [0.717, 1.165) is 11.3 Å². The maximum absolute atomic E-state index is 11.9. The monoisotopic (exact) mass is 270 g/mol. The summed E-state index contributed by atoms with van der Waals surface area (Å²) in [7, 11) is 0. The van der Waals surface area contributed by atoms with Gasteiger partial charge in [-0.05, 0) is 43.7 Å². The van der Waals surface area contributed by atoms with Gasteiger partial charge in [0.25, 0.3) is 0 Å². The van der Waals surface area contributed by atoms with E-state index < -0.39 is 0 Å². The number of hydrogen-bond donors (Lipinski definition) is 1. The SMILES string of the molecule is CC(C)Oc1ccc(CC(=O)Nc2ccccn2)cc1. The maximum Gasteiger partial charge on any atom is 0.229 e. The largest absolute Gasteiger partial charge is 0.491 e. The highest BCUT2D eigenvalue weighted by atomic mass is 16.5. The Balaban J connectivity index is 1.91. The molecule has 0 spiro atoms. The van der Waals surface area contributed by atoms with Gasteiger partial charge in [0.1, 0.15) is 11.6 Å². The van der Waals surface area contributed by atoms with Crippen molar-refractivity contribution in [1.82, 2.24) is 4.98 Å². The number of amides is 1. The molecule has 0 aliphatic heterocycles. The van der Waals surface area contributed by atoms with Crippen LogP contribution < -0.4 is 10.1 Å². The third-order valence-electron chi connectivity index (χ3n) is 2.59. The average Bonchev–Trinajstić information content (AvgIpc) is 2.41. The molecule has 0 unspecified atom stereocenters. The summed E-state index contributed by atoms with van der Waals surface area (Å²) in [6.07, 6.45) is 2.11. The lowest BCUT2D eigenvalue weighted by atomic mass is 10.1. The maximum atomic E-state index is 11.9. The topological polar surface area (TPSA) is 51.2 Å². The number of nitrogens with zero attached hydrogens (tertiary/aromatic N) is 1. The van der Waals surface area contributed by atoms with Gasteiger partial charge in [0.15, 0.2) is 0 Å². The highest BCUT2D eigenvalue weighted by Gasteiger charge is 2.05. The smallest absolute Gasteiger partial charge is 0.229 e. The summed E-state index contributed by atoms with van der Waals surface area (Å²) < 4.78 is 5.56. The van der Waals surface area contributed by atoms with Crippen LogP contribution >= 0.6 is 0 Å². The third-order valence-corrected chi connectivity index (χ3v) is 2.59. The van der Waals surface area contributed by atoms with E-state index in [4.69, 9.17) is 4.74 Å². The fourth-order valence-electron chi connectivity index (χ4n) is 1.77. The van der Waals surface area contributed by atoms with Gasteiger partial charge in [-0.3, -0.25) is 4.79 Å². The third kappa shape index (κ3) is 4.39. The zero-order valence-electron chi connectivity index (χ0n) is 11.7. The van der Waals surface area contributed by atoms with E-state index in [1.54, 1.807) is 12.3 Å². The Labute approximate surface area is 118 Å². The van der Waals surface area contributed by atoms with Crippen molar-refractivity contribution in [3.63, 3.8) is 0 Å². The van der Waals surface area contributed by atoms with Crippen molar-refractivity contribution in [1.29, 1.82) is 0 Å². The highest BCUT2D eigenvalue weighted by Crippen LogP contribution is 2.14. The summed E-state index contributed by atoms with van der Waals surface area (Å²) in [5.41, 5.74) is 0.939. The molecular weight excluding hydrogens is 252 g/mol. The van der Waals surface area contributed by atoms with Gasteiger partial charge < -0.3 is 10.1 Å². The number of anilines is 1. The van der Waals surface area contributed by atoms with E-state index >= 15 is 0 Å². The molecule has 4 heteroatoms. The standard InChI is InChI=1S/C16H18N2O2/c1-12(2)20-14-8-6-13(7-9-14)11-16(19)18-15-5-3-4-10-17-15/h3-10,12H,11H2,1-2H3,(H,17,18,19). The van der Waals surface area contributed by atoms with Crippen molar-refractivity contribution in [3.05, 3.63) is 54.2 Å². The van der Waals surface area contributed by atoms with E-state index in [-0.39, 0.29) is 12.0 Å². The molecule has 0 saturated heterocycles. The average molecular weight is 270 g/mol. The Morgan fingerprint density at radius 3 is 2.55 bits per heavy atom. The first-order valence-electron chi connectivity index (χ1n) is 6.60. The fourth-order valence-corrected chi connectivity index (χ4v) is 1.77. The van der Waals surface area contributed by atoms with Crippen LogP contribution in [0.1, 0.15) is 19.4 Å². The van der Waals surface area contributed by atoms with Crippen molar-refractivity contribution >= 4 is 11.7 Å². The number of aromatic nitrogens is 1. The van der Waals surface area contributed by atoms with Crippen molar-refractivity contribution in [2.45, 2.75) is 26.4 Å². The summed E-state index contributed by atoms with van der Waals surface area (Å²) in [4.78, 5) is 15.9. The number of benzene rings is 1. The van der Waals surface area contributed by atoms with Gasteiger partial charge >= 0.3 is 0 Å². The second-order valence-electron chi connectivity index (χ2n) is 4.75. The van der Waals surface area contributed by atoms with Crippen molar-refractivity contribution in [2.75, 3.05) is 5.32 Å². The van der Waals surface area contributed by atoms with Crippen LogP contribution in [-0.4, -0.2) is 17.0 Å². The molecule has 0 bridgehead atoms. The van der Waals surface area contributed by atoms with Gasteiger partial charge in [-0.15, -0.1) is 0 Å². The lowest BCUT2D eigenvalue weighted by molar-refractivity contribution is -0.115. The minimum absolute atomic E-state index is 0.0822. The number of hydrogen-bond acceptors (Lipinski definition) is 3. The second kappa shape index (κ2) is 6.70. The van der Waals surface area contributed by atoms with Gasteiger partial charge in [-0.25, -0.2) is 4.98 Å². The number of carbonyl (C=O) groups excluding carboxylic acids is 1. The minimum Gasteiger partial charge on any atom is -0.491 e. The van der Waals surface area contributed by atoms with Gasteiger partial charge in [-0.2, -0.15) is 0 Å². The van der Waals surface area contributed by atoms with Crippen LogP contribution in [0.5, 0.6) is 5.75 Å². The zero-order chi connectivity index (χ0) is 14.4. The van der Waals surface area contributed by atoms with Gasteiger partial charge in [0.05, 0.1) is 12.5 Å². The van der Waals surface area contributed by atoms with E-state index in [9.17, 15) is 4.79 Å². The molecule has 0 saturated carbocycles. The number of carbonyl (C=O) groups is 1. The summed E-state index contributed by atoms with van der Waals surface area (Å²) in [5.74, 6) is 1.30. The normalized spacial score (nSPS) is 10.3. The Hall–Kier alpha value is -2.36. The number of rotatable bonds is 5. The van der Waals surface area contributed by atoms with Gasteiger partial charge in [-0.1, -0.05) is 18.2 Å². The first-order chi connectivity index (χ1) is 9.63. The Morgan fingerprint density at radius 1 is 1.20 bits per heavy atom. The van der Waals surface area contributed by atoms with Gasteiger partial charge in [0, 0.05) is 6.20 Å². The van der Waals surface area contributed by atoms with Crippen LogP contribution in [0.4, 0.5) is 5.82 Å². The molecule has 4 nitrogen and oxygen atoms in total. The summed E-state index contributed by atoms with van der Waals surface area (Å²) in [6, 6.07) is 13.0. The van der Waals surface area contributed by atoms with E-state index in [0.29, 0.717) is 12.2 Å². The quantitative estimate of drug-likeness (QED) is 0.908. The first kappa shape index (κ1) is 14.1. The lowest BCUT2D eigenvalue weighted by Crippen LogP contribution is -2.15. The Bertz CT molecular complexity index is 550. The molecule has 0 radical (unpaired) electrons. The number of ether oxygens (including phenoxy) is 1. The van der Waals surface area contributed by atoms with Crippen LogP contribution in [0, 0.1) is 0 Å². The molecule has 0 fully saturated rings. The fraction of sp³-hybridized carbons (Fsp3) is 0.250. The van der Waals surface area contributed by atoms with Crippen LogP contribution in [0.3, 0.4) is 0 Å². The minimum atomic E-state index is -0.0822. The lowest BCUT2D eigenvalue weighted by Gasteiger charge is -2.10. The molecule has 1 amide bonds. The van der Waals surface area contributed by atoms with E-state index in [2.05, 4.69) is 10.3 Å². The van der Waals surface area contributed by atoms with E-state index in [1.807, 2.05) is 50.2 Å². The van der Waals surface area contributed by atoms with Crippen molar-refractivity contribution < 1.29 is 9.53 Å². The Kier molecular flexibility index (Phi) is 4.71. The van der Waals surface area contributed by atoms with Crippen LogP contribution in [-0.2, 0) is 11.2 Å². The molecule has 0 aliphatic rings. The molecule has 0 aliphatic carbocycles. The predicted molar refractivity (Wildman–Crippen MR) is 78.8 cm³/mol. The summed E-state index contributed by atoms with van der Waals surface area (Å²) >= 11 is 0. The van der Waals surface area contributed by atoms with Crippen LogP contribution in [0.2, 0.25) is 0 Å². The second-order valence-corrected chi connectivity index (χ2v) is 4.75. The predicted octanol–water partition coefficient (Wildman–Crippen LogP) is 3.05. The zero-order valence-corrected chi connectivity index (χ0v) is 11.7.